The van der Waals surface area contributed by atoms with Gasteiger partial charge in [-0.05, 0) is 42.3 Å². The summed E-state index contributed by atoms with van der Waals surface area (Å²) in [6.45, 7) is 1.10. The molecule has 4 aromatic rings. The van der Waals surface area contributed by atoms with E-state index < -0.39 is 0 Å². The molecular weight excluding hydrogens is 334 g/mol. The van der Waals surface area contributed by atoms with E-state index in [4.69, 9.17) is 0 Å². The van der Waals surface area contributed by atoms with Crippen LogP contribution in [0.1, 0.15) is 17.7 Å². The summed E-state index contributed by atoms with van der Waals surface area (Å²) >= 11 is 3.66. The van der Waals surface area contributed by atoms with Crippen LogP contribution in [0.5, 0.6) is 0 Å². The van der Waals surface area contributed by atoms with E-state index in [9.17, 15) is 0 Å². The first kappa shape index (κ1) is 14.5. The minimum Gasteiger partial charge on any atom is -0.330 e. The van der Waals surface area contributed by atoms with Gasteiger partial charge in [-0.3, -0.25) is 0 Å². The summed E-state index contributed by atoms with van der Waals surface area (Å²) in [4.78, 5) is 10.6. The lowest BCUT2D eigenvalue weighted by molar-refractivity contribution is 0.642. The van der Waals surface area contributed by atoms with Crippen LogP contribution < -0.4 is 0 Å². The predicted octanol–water partition coefficient (Wildman–Crippen LogP) is 5.35. The van der Waals surface area contributed by atoms with Crippen LogP contribution in [-0.2, 0) is 12.3 Å². The average Bonchev–Trinajstić information content (AvgIpc) is 3.17. The predicted molar refractivity (Wildman–Crippen MR) is 102 cm³/mol. The Morgan fingerprint density at radius 2 is 2.08 bits per heavy atom. The van der Waals surface area contributed by atoms with Gasteiger partial charge in [-0.25, -0.2) is 9.97 Å². The highest BCUT2D eigenvalue weighted by molar-refractivity contribution is 7.98. The number of imidazole rings is 1. The van der Waals surface area contributed by atoms with Gasteiger partial charge in [-0.1, -0.05) is 30.0 Å². The van der Waals surface area contributed by atoms with Gasteiger partial charge < -0.3 is 4.57 Å². The highest BCUT2D eigenvalue weighted by Crippen LogP contribution is 2.34. The molecule has 0 unspecified atom stereocenters. The first-order valence-electron chi connectivity index (χ1n) is 8.27. The Balaban J connectivity index is 1.40. The van der Waals surface area contributed by atoms with Crippen LogP contribution in [0.2, 0.25) is 0 Å². The van der Waals surface area contributed by atoms with Crippen LogP contribution >= 0.6 is 23.1 Å². The molecule has 0 spiro atoms. The molecule has 0 saturated heterocycles. The van der Waals surface area contributed by atoms with E-state index >= 15 is 0 Å². The van der Waals surface area contributed by atoms with Crippen molar-refractivity contribution in [1.29, 1.82) is 0 Å². The van der Waals surface area contributed by atoms with Gasteiger partial charge in [0.2, 0.25) is 0 Å². The molecule has 1 fully saturated rings. The topological polar surface area (TPSA) is 30.7 Å². The number of thiophene rings is 1. The quantitative estimate of drug-likeness (QED) is 0.454. The Kier molecular flexibility index (Phi) is 3.56. The molecule has 0 aliphatic heterocycles. The fourth-order valence-electron chi connectivity index (χ4n) is 3.05. The minimum absolute atomic E-state index is 0.852. The molecule has 24 heavy (non-hydrogen) atoms. The molecule has 3 aromatic heterocycles. The van der Waals surface area contributed by atoms with Gasteiger partial charge >= 0.3 is 0 Å². The number of pyridine rings is 1. The van der Waals surface area contributed by atoms with Crippen molar-refractivity contribution in [2.24, 2.45) is 5.92 Å². The van der Waals surface area contributed by atoms with Crippen molar-refractivity contribution in [3.63, 3.8) is 0 Å². The third kappa shape index (κ3) is 2.72. The third-order valence-corrected chi connectivity index (χ3v) is 6.81. The summed E-state index contributed by atoms with van der Waals surface area (Å²) in [6, 6.07) is 12.9. The van der Waals surface area contributed by atoms with Crippen molar-refractivity contribution in [2.45, 2.75) is 30.2 Å². The second-order valence-electron chi connectivity index (χ2n) is 6.36. The van der Waals surface area contributed by atoms with E-state index in [1.165, 1.54) is 33.3 Å². The maximum absolute atomic E-state index is 4.64. The fraction of sp³-hybridized carbons (Fsp3) is 0.263. The summed E-state index contributed by atoms with van der Waals surface area (Å²) in [5.41, 5.74) is 2.26. The monoisotopic (exact) mass is 351 g/mol. The van der Waals surface area contributed by atoms with Gasteiger partial charge in [0.05, 0.1) is 11.8 Å². The van der Waals surface area contributed by atoms with Crippen molar-refractivity contribution in [1.82, 2.24) is 14.5 Å². The number of fused-ring (bicyclic) bond motifs is 2. The molecular formula is C19H17N3S2. The van der Waals surface area contributed by atoms with E-state index in [1.54, 1.807) is 11.8 Å². The second-order valence-corrected chi connectivity index (χ2v) is 8.50. The number of benzene rings is 1. The molecule has 0 bridgehead atoms. The zero-order valence-electron chi connectivity index (χ0n) is 13.2. The molecule has 1 aliphatic carbocycles. The van der Waals surface area contributed by atoms with Crippen LogP contribution in [-0.4, -0.2) is 14.5 Å². The minimum atomic E-state index is 0.852. The van der Waals surface area contributed by atoms with Crippen LogP contribution in [0.4, 0.5) is 0 Å². The van der Waals surface area contributed by atoms with E-state index in [0.717, 1.165) is 28.8 Å². The largest absolute Gasteiger partial charge is 0.330 e. The Morgan fingerprint density at radius 3 is 2.96 bits per heavy atom. The van der Waals surface area contributed by atoms with Gasteiger partial charge in [-0.2, -0.15) is 0 Å². The molecule has 1 aliphatic rings. The van der Waals surface area contributed by atoms with Crippen LogP contribution in [0.15, 0.2) is 53.9 Å². The molecule has 3 heterocycles. The molecule has 0 radical (unpaired) electrons. The van der Waals surface area contributed by atoms with Crippen LogP contribution in [0, 0.1) is 5.92 Å². The number of aromatic nitrogens is 3. The van der Waals surface area contributed by atoms with E-state index in [2.05, 4.69) is 50.9 Å². The summed E-state index contributed by atoms with van der Waals surface area (Å²) in [5, 5.41) is 2.37. The van der Waals surface area contributed by atoms with Crippen molar-refractivity contribution >= 4 is 44.2 Å². The first-order valence-corrected chi connectivity index (χ1v) is 10.1. The van der Waals surface area contributed by atoms with Crippen LogP contribution in [0.3, 0.4) is 0 Å². The number of hydrogen-bond donors (Lipinski definition) is 0. The summed E-state index contributed by atoms with van der Waals surface area (Å²) in [5.74, 6) is 1.80. The van der Waals surface area contributed by atoms with E-state index in [1.807, 2.05) is 23.9 Å². The molecule has 120 valence electrons. The Hall–Kier alpha value is -1.85. The first-order chi connectivity index (χ1) is 11.9. The maximum atomic E-state index is 4.64. The molecule has 3 nitrogen and oxygen atoms in total. The lowest BCUT2D eigenvalue weighted by Crippen LogP contribution is -1.97. The van der Waals surface area contributed by atoms with Gasteiger partial charge in [0.15, 0.2) is 0 Å². The normalized spacial score (nSPS) is 14.7. The molecule has 1 aromatic carbocycles. The highest BCUT2D eigenvalue weighted by Gasteiger charge is 2.22. The molecule has 1 saturated carbocycles. The Bertz CT molecular complexity index is 981. The van der Waals surface area contributed by atoms with Gasteiger partial charge in [-0.15, -0.1) is 11.3 Å². The van der Waals surface area contributed by atoms with Crippen molar-refractivity contribution in [3.05, 3.63) is 53.8 Å². The summed E-state index contributed by atoms with van der Waals surface area (Å²) in [7, 11) is 0. The van der Waals surface area contributed by atoms with Gasteiger partial charge in [0.1, 0.15) is 10.5 Å². The highest BCUT2D eigenvalue weighted by atomic mass is 32.2. The average molecular weight is 352 g/mol. The second kappa shape index (κ2) is 5.90. The summed E-state index contributed by atoms with van der Waals surface area (Å²) in [6.07, 6.45) is 6.62. The van der Waals surface area contributed by atoms with Gasteiger partial charge in [0, 0.05) is 28.1 Å². The smallest absolute Gasteiger partial charge is 0.124 e. The third-order valence-electron chi connectivity index (χ3n) is 4.48. The number of nitrogens with zero attached hydrogens (tertiary/aromatic N) is 3. The molecule has 0 atom stereocenters. The molecule has 0 amide bonds. The SMILES string of the molecule is c1ccc2sc(CSc3nccc4c3ncn4CC3CC3)cc2c1. The molecule has 5 heteroatoms. The fourth-order valence-corrected chi connectivity index (χ4v) is 5.11. The van der Waals surface area contributed by atoms with Gasteiger partial charge in [0.25, 0.3) is 0 Å². The summed E-state index contributed by atoms with van der Waals surface area (Å²) < 4.78 is 3.64. The lowest BCUT2D eigenvalue weighted by Gasteiger charge is -2.03. The standard InChI is InChI=1S/C19H17N3S2/c1-2-4-17-14(3-1)9-15(24-17)11-23-19-18-16(7-8-20-19)22(12-21-18)10-13-5-6-13/h1-4,7-9,12-13H,5-6,10-11H2. The zero-order chi connectivity index (χ0) is 15.9. The van der Waals surface area contributed by atoms with Crippen LogP contribution in [0.25, 0.3) is 21.1 Å². The lowest BCUT2D eigenvalue weighted by atomic mass is 10.2. The van der Waals surface area contributed by atoms with Crippen molar-refractivity contribution in [3.8, 4) is 0 Å². The van der Waals surface area contributed by atoms with E-state index in [0.29, 0.717) is 0 Å². The van der Waals surface area contributed by atoms with E-state index in [-0.39, 0.29) is 0 Å². The molecule has 0 N–H and O–H groups in total. The molecule has 5 rings (SSSR count). The Labute approximate surface area is 148 Å². The number of thioether (sulfide) groups is 1. The Morgan fingerprint density at radius 1 is 1.17 bits per heavy atom. The maximum Gasteiger partial charge on any atom is 0.124 e. The number of hydrogen-bond acceptors (Lipinski definition) is 4. The van der Waals surface area contributed by atoms with Crippen molar-refractivity contribution in [2.75, 3.05) is 0 Å². The number of rotatable bonds is 5. The zero-order valence-corrected chi connectivity index (χ0v) is 14.8. The van der Waals surface area contributed by atoms with Crippen molar-refractivity contribution < 1.29 is 0 Å².